The summed E-state index contributed by atoms with van der Waals surface area (Å²) in [5.41, 5.74) is 0.508. The molecule has 1 rings (SSSR count). The van der Waals surface area contributed by atoms with Crippen LogP contribution in [0.2, 0.25) is 0 Å². The Kier molecular flexibility index (Phi) is 5.17. The van der Waals surface area contributed by atoms with Crippen molar-refractivity contribution in [1.29, 1.82) is 0 Å². The molecule has 0 spiro atoms. The number of nitrogens with zero attached hydrogens (tertiary/aromatic N) is 1. The quantitative estimate of drug-likeness (QED) is 0.831. The zero-order chi connectivity index (χ0) is 14.6. The van der Waals surface area contributed by atoms with Gasteiger partial charge in [-0.15, -0.1) is 0 Å². The first-order valence-corrected chi connectivity index (χ1v) is 5.99. The van der Waals surface area contributed by atoms with E-state index in [9.17, 15) is 17.6 Å². The van der Waals surface area contributed by atoms with Crippen LogP contribution in [0.5, 0.6) is 0 Å². The molecule has 19 heavy (non-hydrogen) atoms. The second-order valence-corrected chi connectivity index (χ2v) is 4.75. The van der Waals surface area contributed by atoms with Gasteiger partial charge in [-0.05, 0) is 11.6 Å². The van der Waals surface area contributed by atoms with E-state index in [0.29, 0.717) is 12.1 Å². The van der Waals surface area contributed by atoms with E-state index in [1.807, 2.05) is 13.8 Å². The third-order valence-corrected chi connectivity index (χ3v) is 2.57. The Labute approximate surface area is 110 Å². The predicted octanol–water partition coefficient (Wildman–Crippen LogP) is 3.32. The van der Waals surface area contributed by atoms with Gasteiger partial charge < -0.3 is 10.2 Å². The molecule has 0 aromatic heterocycles. The maximum absolute atomic E-state index is 13.8. The van der Waals surface area contributed by atoms with Crippen molar-refractivity contribution in [2.75, 3.05) is 18.5 Å². The van der Waals surface area contributed by atoms with Gasteiger partial charge in [0.1, 0.15) is 12.4 Å². The fraction of sp³-hybridized carbons (Fsp3) is 0.538. The van der Waals surface area contributed by atoms with Gasteiger partial charge in [-0.2, -0.15) is 13.2 Å². The molecule has 0 aliphatic carbocycles. The molecule has 0 saturated heterocycles. The van der Waals surface area contributed by atoms with Crippen molar-refractivity contribution >= 4 is 5.69 Å². The fourth-order valence-electron chi connectivity index (χ4n) is 1.79. The van der Waals surface area contributed by atoms with Crippen molar-refractivity contribution in [2.45, 2.75) is 32.6 Å². The maximum atomic E-state index is 13.8. The van der Waals surface area contributed by atoms with E-state index in [1.165, 1.54) is 19.2 Å². The van der Waals surface area contributed by atoms with E-state index in [2.05, 4.69) is 5.32 Å². The fourth-order valence-corrected chi connectivity index (χ4v) is 1.79. The van der Waals surface area contributed by atoms with Gasteiger partial charge in [0.25, 0.3) is 0 Å². The molecule has 108 valence electrons. The van der Waals surface area contributed by atoms with Crippen LogP contribution < -0.4 is 10.2 Å². The summed E-state index contributed by atoms with van der Waals surface area (Å²) in [5.74, 6) is -0.644. The minimum Gasteiger partial charge on any atom is -0.363 e. The Balaban J connectivity index is 2.97. The summed E-state index contributed by atoms with van der Waals surface area (Å²) < 4.78 is 50.9. The van der Waals surface area contributed by atoms with E-state index in [1.54, 1.807) is 6.07 Å². The second-order valence-electron chi connectivity index (χ2n) is 4.75. The lowest BCUT2D eigenvalue weighted by molar-refractivity contribution is -0.119. The van der Waals surface area contributed by atoms with Gasteiger partial charge in [-0.3, -0.25) is 0 Å². The third kappa shape index (κ3) is 5.06. The van der Waals surface area contributed by atoms with Gasteiger partial charge in [0.15, 0.2) is 0 Å². The van der Waals surface area contributed by atoms with Gasteiger partial charge in [-0.1, -0.05) is 26.0 Å². The number of hydrogen-bond acceptors (Lipinski definition) is 2. The van der Waals surface area contributed by atoms with E-state index in [0.717, 1.165) is 4.90 Å². The Bertz CT molecular complexity index is 416. The molecule has 0 amide bonds. The van der Waals surface area contributed by atoms with Gasteiger partial charge in [0.2, 0.25) is 0 Å². The Morgan fingerprint density at radius 3 is 2.42 bits per heavy atom. The number of anilines is 1. The number of alkyl halides is 3. The zero-order valence-corrected chi connectivity index (χ0v) is 11.2. The highest BCUT2D eigenvalue weighted by Gasteiger charge is 2.30. The molecule has 2 nitrogen and oxygen atoms in total. The zero-order valence-electron chi connectivity index (χ0n) is 11.2. The number of rotatable bonds is 5. The molecule has 0 aliphatic heterocycles. The van der Waals surface area contributed by atoms with Gasteiger partial charge in [-0.25, -0.2) is 4.39 Å². The molecule has 0 aliphatic rings. The predicted molar refractivity (Wildman–Crippen MR) is 67.7 cm³/mol. The summed E-state index contributed by atoms with van der Waals surface area (Å²) in [6, 6.07) is 4.46. The standard InChI is InChI=1S/C13H18F4N2/c1-9(2)18-7-10-5-4-6-11(14)12(10)19(3)8-13(15,16)17/h4-6,9,18H,7-8H2,1-3H3. The topological polar surface area (TPSA) is 15.3 Å². The Hall–Kier alpha value is -1.30. The molecule has 0 bridgehead atoms. The molecule has 1 aromatic carbocycles. The van der Waals surface area contributed by atoms with Gasteiger partial charge in [0.05, 0.1) is 5.69 Å². The maximum Gasteiger partial charge on any atom is 0.405 e. The average molecular weight is 278 g/mol. The molecular formula is C13H18F4N2. The van der Waals surface area contributed by atoms with Crippen LogP contribution in [0.4, 0.5) is 23.2 Å². The Morgan fingerprint density at radius 1 is 1.26 bits per heavy atom. The molecule has 1 aromatic rings. The lowest BCUT2D eigenvalue weighted by Gasteiger charge is -2.24. The van der Waals surface area contributed by atoms with Crippen LogP contribution in [0.25, 0.3) is 0 Å². The number of halogens is 4. The Morgan fingerprint density at radius 2 is 1.89 bits per heavy atom. The van der Waals surface area contributed by atoms with Crippen molar-refractivity contribution in [3.8, 4) is 0 Å². The van der Waals surface area contributed by atoms with Crippen LogP contribution in [0, 0.1) is 5.82 Å². The highest BCUT2D eigenvalue weighted by molar-refractivity contribution is 5.54. The molecule has 0 heterocycles. The first-order chi connectivity index (χ1) is 8.70. The first kappa shape index (κ1) is 15.8. The summed E-state index contributed by atoms with van der Waals surface area (Å²) in [6.45, 7) is 2.98. The number of benzene rings is 1. The molecular weight excluding hydrogens is 260 g/mol. The summed E-state index contributed by atoms with van der Waals surface area (Å²) in [5, 5.41) is 3.07. The van der Waals surface area contributed by atoms with Crippen LogP contribution >= 0.6 is 0 Å². The monoisotopic (exact) mass is 278 g/mol. The van der Waals surface area contributed by atoms with E-state index < -0.39 is 18.5 Å². The molecule has 6 heteroatoms. The summed E-state index contributed by atoms with van der Waals surface area (Å²) in [6.07, 6.45) is -4.36. The van der Waals surface area contributed by atoms with E-state index in [-0.39, 0.29) is 11.7 Å². The molecule has 0 radical (unpaired) electrons. The van der Waals surface area contributed by atoms with E-state index >= 15 is 0 Å². The van der Waals surface area contributed by atoms with Crippen molar-refractivity contribution in [2.24, 2.45) is 0 Å². The molecule has 1 N–H and O–H groups in total. The smallest absolute Gasteiger partial charge is 0.363 e. The van der Waals surface area contributed by atoms with Crippen molar-refractivity contribution < 1.29 is 17.6 Å². The van der Waals surface area contributed by atoms with Crippen LogP contribution in [-0.4, -0.2) is 25.8 Å². The molecule has 0 saturated carbocycles. The summed E-state index contributed by atoms with van der Waals surface area (Å²) in [4.78, 5) is 0.896. The lowest BCUT2D eigenvalue weighted by atomic mass is 10.1. The van der Waals surface area contributed by atoms with Crippen molar-refractivity contribution in [1.82, 2.24) is 5.32 Å². The van der Waals surface area contributed by atoms with Crippen LogP contribution in [-0.2, 0) is 6.54 Å². The average Bonchev–Trinajstić information content (AvgIpc) is 2.23. The normalized spacial score (nSPS) is 12.0. The minimum atomic E-state index is -4.36. The number of hydrogen-bond donors (Lipinski definition) is 1. The van der Waals surface area contributed by atoms with Crippen molar-refractivity contribution in [3.05, 3.63) is 29.6 Å². The molecule has 0 atom stereocenters. The summed E-state index contributed by atoms with van der Waals surface area (Å²) >= 11 is 0. The highest BCUT2D eigenvalue weighted by Crippen LogP contribution is 2.27. The highest BCUT2D eigenvalue weighted by atomic mass is 19.4. The lowest BCUT2D eigenvalue weighted by Crippen LogP contribution is -2.33. The largest absolute Gasteiger partial charge is 0.405 e. The molecule has 0 unspecified atom stereocenters. The van der Waals surface area contributed by atoms with E-state index in [4.69, 9.17) is 0 Å². The number of para-hydroxylation sites is 1. The SMILES string of the molecule is CC(C)NCc1cccc(F)c1N(C)CC(F)(F)F. The van der Waals surface area contributed by atoms with Gasteiger partial charge in [0, 0.05) is 19.6 Å². The van der Waals surface area contributed by atoms with Gasteiger partial charge >= 0.3 is 6.18 Å². The first-order valence-electron chi connectivity index (χ1n) is 5.99. The van der Waals surface area contributed by atoms with Crippen LogP contribution in [0.1, 0.15) is 19.4 Å². The molecule has 0 fully saturated rings. The van der Waals surface area contributed by atoms with Crippen molar-refractivity contribution in [3.63, 3.8) is 0 Å². The second kappa shape index (κ2) is 6.23. The number of nitrogens with one attached hydrogen (secondary N) is 1. The third-order valence-electron chi connectivity index (χ3n) is 2.57. The minimum absolute atomic E-state index is 0.00650. The van der Waals surface area contributed by atoms with Crippen LogP contribution in [0.3, 0.4) is 0 Å². The van der Waals surface area contributed by atoms with Crippen LogP contribution in [0.15, 0.2) is 18.2 Å². The summed E-state index contributed by atoms with van der Waals surface area (Å²) in [7, 11) is 1.24.